The molecule has 3 aliphatic heterocycles. The highest BCUT2D eigenvalue weighted by Crippen LogP contribution is 2.37. The van der Waals surface area contributed by atoms with Crippen molar-refractivity contribution in [3.63, 3.8) is 0 Å². The number of hydrogen-bond donors (Lipinski definition) is 3. The van der Waals surface area contributed by atoms with Crippen LogP contribution in [-0.4, -0.2) is 72.3 Å². The number of carbonyl (C=O) groups excluding carboxylic acids is 3. The van der Waals surface area contributed by atoms with Gasteiger partial charge in [0.25, 0.3) is 5.91 Å². The number of amides is 3. The molecule has 0 saturated carbocycles. The molecule has 1 fully saturated rings. The topological polar surface area (TPSA) is 144 Å². The Labute approximate surface area is 193 Å². The Morgan fingerprint density at radius 3 is 2.68 bits per heavy atom. The Morgan fingerprint density at radius 2 is 1.85 bits per heavy atom. The normalized spacial score (nSPS) is 20.3. The van der Waals surface area contributed by atoms with Gasteiger partial charge in [0.15, 0.2) is 11.5 Å². The van der Waals surface area contributed by atoms with Gasteiger partial charge < -0.3 is 34.9 Å². The summed E-state index contributed by atoms with van der Waals surface area (Å²) in [6, 6.07) is 9.21. The molecule has 11 nitrogen and oxygen atoms in total. The molecule has 1 saturated heterocycles. The van der Waals surface area contributed by atoms with Crippen molar-refractivity contribution in [2.24, 2.45) is 0 Å². The summed E-state index contributed by atoms with van der Waals surface area (Å²) in [7, 11) is 0. The molecule has 0 aliphatic carbocycles. The molecule has 3 N–H and O–H groups in total. The third-order valence-electron chi connectivity index (χ3n) is 5.95. The quantitative estimate of drug-likeness (QED) is 0.567. The SMILES string of the molecule is O=C(O)COCC(=O)N[C@H]1CCN2C(=O)c3cc(-c4ccc5c(c4)OCO5)ccc3NC(=O)[C@H]12. The molecule has 176 valence electrons. The fraction of sp³-hybridized carbons (Fsp3) is 0.304. The molecule has 0 bridgehead atoms. The molecule has 2 aromatic carbocycles. The average molecular weight is 467 g/mol. The molecule has 5 rings (SSSR count). The molecule has 11 heteroatoms. The van der Waals surface area contributed by atoms with Gasteiger partial charge in [0.05, 0.1) is 17.3 Å². The Kier molecular flexibility index (Phi) is 5.54. The molecule has 34 heavy (non-hydrogen) atoms. The number of hydrogen-bond acceptors (Lipinski definition) is 7. The number of carbonyl (C=O) groups is 4. The van der Waals surface area contributed by atoms with E-state index >= 15 is 0 Å². The number of aliphatic carboxylic acids is 1. The Morgan fingerprint density at radius 1 is 1.09 bits per heavy atom. The number of nitrogens with one attached hydrogen (secondary N) is 2. The van der Waals surface area contributed by atoms with E-state index in [1.54, 1.807) is 24.3 Å². The van der Waals surface area contributed by atoms with Crippen LogP contribution in [0.5, 0.6) is 11.5 Å². The molecule has 0 unspecified atom stereocenters. The van der Waals surface area contributed by atoms with Gasteiger partial charge in [-0.05, 0) is 41.8 Å². The highest BCUT2D eigenvalue weighted by Gasteiger charge is 2.45. The van der Waals surface area contributed by atoms with Crippen molar-refractivity contribution < 1.29 is 38.5 Å². The van der Waals surface area contributed by atoms with Crippen LogP contribution in [0.1, 0.15) is 16.8 Å². The largest absolute Gasteiger partial charge is 0.480 e. The molecule has 3 aliphatic rings. The number of carboxylic acids is 1. The van der Waals surface area contributed by atoms with Gasteiger partial charge in [-0.25, -0.2) is 4.79 Å². The van der Waals surface area contributed by atoms with Crippen LogP contribution in [-0.2, 0) is 19.1 Å². The summed E-state index contributed by atoms with van der Waals surface area (Å²) in [6.45, 7) is -0.614. The van der Waals surface area contributed by atoms with Crippen molar-refractivity contribution in [3.05, 3.63) is 42.0 Å². The molecule has 3 amide bonds. The molecule has 0 spiro atoms. The maximum Gasteiger partial charge on any atom is 0.329 e. The van der Waals surface area contributed by atoms with Gasteiger partial charge in [-0.2, -0.15) is 0 Å². The van der Waals surface area contributed by atoms with Crippen molar-refractivity contribution >= 4 is 29.4 Å². The summed E-state index contributed by atoms with van der Waals surface area (Å²) < 4.78 is 15.6. The van der Waals surface area contributed by atoms with Crippen molar-refractivity contribution in [1.29, 1.82) is 0 Å². The monoisotopic (exact) mass is 467 g/mol. The summed E-state index contributed by atoms with van der Waals surface area (Å²) in [4.78, 5) is 50.5. The Balaban J connectivity index is 1.36. The van der Waals surface area contributed by atoms with Crippen LogP contribution >= 0.6 is 0 Å². The van der Waals surface area contributed by atoms with Gasteiger partial charge in [-0.1, -0.05) is 12.1 Å². The zero-order valence-corrected chi connectivity index (χ0v) is 17.9. The maximum absolute atomic E-state index is 13.4. The third-order valence-corrected chi connectivity index (χ3v) is 5.95. The first kappa shape index (κ1) is 21.7. The first-order valence-electron chi connectivity index (χ1n) is 10.7. The fourth-order valence-electron chi connectivity index (χ4n) is 4.42. The van der Waals surface area contributed by atoms with Crippen LogP contribution in [0.25, 0.3) is 11.1 Å². The average Bonchev–Trinajstić information content (AvgIpc) is 3.42. The highest BCUT2D eigenvalue weighted by molar-refractivity contribution is 6.11. The van der Waals surface area contributed by atoms with Crippen LogP contribution in [0.2, 0.25) is 0 Å². The van der Waals surface area contributed by atoms with Crippen LogP contribution in [0.15, 0.2) is 36.4 Å². The van der Waals surface area contributed by atoms with E-state index < -0.39 is 43.1 Å². The molecule has 0 aromatic heterocycles. The minimum Gasteiger partial charge on any atom is -0.480 e. The summed E-state index contributed by atoms with van der Waals surface area (Å²) in [5, 5.41) is 14.1. The third kappa shape index (κ3) is 4.01. The number of carboxylic acid groups (broad SMARTS) is 1. The molecule has 0 radical (unpaired) electrons. The standard InChI is InChI=1S/C23H21N3O8/c27-19(9-32-10-20(28)29)24-16-5-6-26-21(16)22(30)25-15-3-1-12(7-14(15)23(26)31)13-2-4-17-18(8-13)34-11-33-17/h1-4,7-8,16,21H,5-6,9-11H2,(H,24,27)(H,25,30)(H,28,29)/t16-,21-/m0/s1. The van der Waals surface area contributed by atoms with E-state index in [1.807, 2.05) is 12.1 Å². The summed E-state index contributed by atoms with van der Waals surface area (Å²) in [6.07, 6.45) is 0.381. The van der Waals surface area contributed by atoms with Crippen LogP contribution < -0.4 is 20.1 Å². The van der Waals surface area contributed by atoms with E-state index in [9.17, 15) is 19.2 Å². The van der Waals surface area contributed by atoms with E-state index in [0.29, 0.717) is 29.2 Å². The van der Waals surface area contributed by atoms with Gasteiger partial charge in [-0.15, -0.1) is 0 Å². The molecular formula is C23H21N3O8. The van der Waals surface area contributed by atoms with Crippen molar-refractivity contribution in [2.75, 3.05) is 31.9 Å². The summed E-state index contributed by atoms with van der Waals surface area (Å²) in [5.74, 6) is -1.19. The zero-order valence-electron chi connectivity index (χ0n) is 17.9. The van der Waals surface area contributed by atoms with Crippen molar-refractivity contribution in [3.8, 4) is 22.6 Å². The van der Waals surface area contributed by atoms with E-state index in [-0.39, 0.29) is 19.2 Å². The van der Waals surface area contributed by atoms with Crippen molar-refractivity contribution in [1.82, 2.24) is 10.2 Å². The van der Waals surface area contributed by atoms with Gasteiger partial charge in [-0.3, -0.25) is 14.4 Å². The molecule has 2 atom stereocenters. The minimum atomic E-state index is -1.19. The lowest BCUT2D eigenvalue weighted by molar-refractivity contribution is -0.143. The predicted octanol–water partition coefficient (Wildman–Crippen LogP) is 0.835. The lowest BCUT2D eigenvalue weighted by Crippen LogP contribution is -2.52. The second-order valence-corrected chi connectivity index (χ2v) is 8.11. The van der Waals surface area contributed by atoms with Gasteiger partial charge in [0.1, 0.15) is 19.3 Å². The second kappa shape index (κ2) is 8.67. The highest BCUT2D eigenvalue weighted by atomic mass is 16.7. The number of nitrogens with zero attached hydrogens (tertiary/aromatic N) is 1. The number of anilines is 1. The first-order valence-corrected chi connectivity index (χ1v) is 10.7. The summed E-state index contributed by atoms with van der Waals surface area (Å²) >= 11 is 0. The van der Waals surface area contributed by atoms with E-state index in [1.165, 1.54) is 4.90 Å². The van der Waals surface area contributed by atoms with E-state index in [2.05, 4.69) is 10.6 Å². The minimum absolute atomic E-state index is 0.160. The van der Waals surface area contributed by atoms with E-state index in [4.69, 9.17) is 19.3 Å². The first-order chi connectivity index (χ1) is 16.4. The number of ether oxygens (including phenoxy) is 3. The summed E-state index contributed by atoms with van der Waals surface area (Å²) in [5.41, 5.74) is 2.35. The van der Waals surface area contributed by atoms with Gasteiger partial charge in [0, 0.05) is 6.54 Å². The number of rotatable bonds is 6. The predicted molar refractivity (Wildman–Crippen MR) is 116 cm³/mol. The van der Waals surface area contributed by atoms with Gasteiger partial charge >= 0.3 is 5.97 Å². The smallest absolute Gasteiger partial charge is 0.329 e. The molecule has 3 heterocycles. The molecule has 2 aromatic rings. The lowest BCUT2D eigenvalue weighted by atomic mass is 10.0. The number of fused-ring (bicyclic) bond motifs is 3. The lowest BCUT2D eigenvalue weighted by Gasteiger charge is -2.24. The number of benzene rings is 2. The Bertz CT molecular complexity index is 1200. The second-order valence-electron chi connectivity index (χ2n) is 8.11. The maximum atomic E-state index is 13.4. The van der Waals surface area contributed by atoms with E-state index in [0.717, 1.165) is 11.1 Å². The van der Waals surface area contributed by atoms with Crippen LogP contribution in [0, 0.1) is 0 Å². The van der Waals surface area contributed by atoms with Crippen LogP contribution in [0.3, 0.4) is 0 Å². The zero-order chi connectivity index (χ0) is 23.8. The van der Waals surface area contributed by atoms with Crippen LogP contribution in [0.4, 0.5) is 5.69 Å². The van der Waals surface area contributed by atoms with Crippen molar-refractivity contribution in [2.45, 2.75) is 18.5 Å². The van der Waals surface area contributed by atoms with Gasteiger partial charge in [0.2, 0.25) is 18.6 Å². The Hall–Kier alpha value is -4.12. The molecular weight excluding hydrogens is 446 g/mol. The fourth-order valence-corrected chi connectivity index (χ4v) is 4.42.